The predicted molar refractivity (Wildman–Crippen MR) is 101 cm³/mol. The molecule has 0 fully saturated rings. The fourth-order valence-corrected chi connectivity index (χ4v) is 2.86. The smallest absolute Gasteiger partial charge is 0.259 e. The van der Waals surface area contributed by atoms with Gasteiger partial charge in [-0.05, 0) is 43.7 Å². The third-order valence-electron chi connectivity index (χ3n) is 4.20. The lowest BCUT2D eigenvalue weighted by Gasteiger charge is -2.10. The summed E-state index contributed by atoms with van der Waals surface area (Å²) >= 11 is 0. The molecule has 0 aliphatic carbocycles. The molecular weight excluding hydrogens is 360 g/mol. The van der Waals surface area contributed by atoms with Crippen LogP contribution in [0.15, 0.2) is 41.1 Å². The monoisotopic (exact) mass is 378 g/mol. The number of carbonyl (C=O) groups excluding carboxylic acids is 1. The van der Waals surface area contributed by atoms with Crippen molar-refractivity contribution in [1.29, 1.82) is 0 Å². The topological polar surface area (TPSA) is 107 Å². The first-order valence-electron chi connectivity index (χ1n) is 8.62. The Bertz CT molecular complexity index is 1160. The summed E-state index contributed by atoms with van der Waals surface area (Å²) in [5, 5.41) is 14.9. The number of ether oxygens (including phenoxy) is 1. The fourth-order valence-electron chi connectivity index (χ4n) is 2.86. The molecule has 0 unspecified atom stereocenters. The van der Waals surface area contributed by atoms with Crippen molar-refractivity contribution in [3.63, 3.8) is 0 Å². The molecule has 1 aromatic carbocycles. The Morgan fingerprint density at radius 3 is 2.82 bits per heavy atom. The van der Waals surface area contributed by atoms with Crippen molar-refractivity contribution in [2.45, 2.75) is 20.3 Å². The largest absolute Gasteiger partial charge is 0.495 e. The van der Waals surface area contributed by atoms with E-state index in [4.69, 9.17) is 9.26 Å². The number of rotatable bonds is 5. The van der Waals surface area contributed by atoms with Gasteiger partial charge in [0.05, 0.1) is 24.8 Å². The lowest BCUT2D eigenvalue weighted by Crippen LogP contribution is -2.16. The molecule has 4 aromatic rings. The van der Waals surface area contributed by atoms with Gasteiger partial charge >= 0.3 is 0 Å². The first-order valence-corrected chi connectivity index (χ1v) is 8.62. The summed E-state index contributed by atoms with van der Waals surface area (Å²) in [7, 11) is 1.56. The van der Waals surface area contributed by atoms with Gasteiger partial charge in [0.15, 0.2) is 11.5 Å². The zero-order valence-electron chi connectivity index (χ0n) is 15.6. The molecule has 9 heteroatoms. The highest BCUT2D eigenvalue weighted by molar-refractivity contribution is 5.93. The van der Waals surface area contributed by atoms with Gasteiger partial charge in [0.1, 0.15) is 11.6 Å². The van der Waals surface area contributed by atoms with Crippen molar-refractivity contribution in [3.8, 4) is 17.2 Å². The number of anilines is 1. The third-order valence-corrected chi connectivity index (χ3v) is 4.20. The zero-order chi connectivity index (χ0) is 19.7. The standard InChI is InChI=1S/C19H18N6O3/c1-11-4-6-15(27-3)14(8-11)21-18(26)9-17-23-22-16-7-5-13(10-25(16)17)19-20-12(2)24-28-19/h4-8,10H,9H2,1-3H3,(H,21,26). The number of amides is 1. The van der Waals surface area contributed by atoms with Crippen LogP contribution in [0, 0.1) is 13.8 Å². The SMILES string of the molecule is COc1ccc(C)cc1NC(=O)Cc1nnc2ccc(-c3nc(C)no3)cn12. The minimum absolute atomic E-state index is 0.0462. The van der Waals surface area contributed by atoms with E-state index in [1.807, 2.05) is 31.2 Å². The Morgan fingerprint density at radius 2 is 2.07 bits per heavy atom. The van der Waals surface area contributed by atoms with Crippen LogP contribution in [0.3, 0.4) is 0 Å². The van der Waals surface area contributed by atoms with Gasteiger partial charge < -0.3 is 14.6 Å². The van der Waals surface area contributed by atoms with Crippen LogP contribution in [0.1, 0.15) is 17.2 Å². The first kappa shape index (κ1) is 17.7. The van der Waals surface area contributed by atoms with Crippen molar-refractivity contribution in [2.75, 3.05) is 12.4 Å². The van der Waals surface area contributed by atoms with Crippen LogP contribution >= 0.6 is 0 Å². The van der Waals surface area contributed by atoms with E-state index >= 15 is 0 Å². The molecule has 1 amide bonds. The number of aryl methyl sites for hydroxylation is 2. The van der Waals surface area contributed by atoms with Gasteiger partial charge in [-0.1, -0.05) is 11.2 Å². The van der Waals surface area contributed by atoms with E-state index in [0.717, 1.165) is 11.1 Å². The Balaban J connectivity index is 1.59. The molecule has 142 valence electrons. The minimum Gasteiger partial charge on any atom is -0.495 e. The molecule has 1 N–H and O–H groups in total. The Hall–Kier alpha value is -3.75. The third kappa shape index (κ3) is 3.41. The average Bonchev–Trinajstić information content (AvgIpc) is 3.28. The minimum atomic E-state index is -0.225. The second-order valence-corrected chi connectivity index (χ2v) is 6.34. The van der Waals surface area contributed by atoms with Crippen molar-refractivity contribution >= 4 is 17.2 Å². The number of methoxy groups -OCH3 is 1. The molecular formula is C19H18N6O3. The summed E-state index contributed by atoms with van der Waals surface area (Å²) in [5.74, 6) is 1.81. The summed E-state index contributed by atoms with van der Waals surface area (Å²) in [5.41, 5.74) is 2.97. The van der Waals surface area contributed by atoms with E-state index in [2.05, 4.69) is 25.7 Å². The molecule has 4 rings (SSSR count). The highest BCUT2D eigenvalue weighted by Crippen LogP contribution is 2.25. The lowest BCUT2D eigenvalue weighted by molar-refractivity contribution is -0.115. The molecule has 0 aliphatic heterocycles. The van der Waals surface area contributed by atoms with Gasteiger partial charge in [-0.3, -0.25) is 9.20 Å². The number of aromatic nitrogens is 5. The van der Waals surface area contributed by atoms with Crippen LogP contribution in [0.4, 0.5) is 5.69 Å². The average molecular weight is 378 g/mol. The van der Waals surface area contributed by atoms with Gasteiger partial charge in [0, 0.05) is 6.20 Å². The van der Waals surface area contributed by atoms with Gasteiger partial charge in [0.2, 0.25) is 5.91 Å². The molecule has 0 spiro atoms. The lowest BCUT2D eigenvalue weighted by atomic mass is 10.2. The van der Waals surface area contributed by atoms with Crippen molar-refractivity contribution < 1.29 is 14.1 Å². The summed E-state index contributed by atoms with van der Waals surface area (Å²) in [6.45, 7) is 3.70. The van der Waals surface area contributed by atoms with Gasteiger partial charge in [0.25, 0.3) is 5.89 Å². The number of fused-ring (bicyclic) bond motifs is 1. The molecule has 0 bridgehead atoms. The summed E-state index contributed by atoms with van der Waals surface area (Å²) in [4.78, 5) is 16.8. The van der Waals surface area contributed by atoms with Crippen LogP contribution in [-0.4, -0.2) is 37.8 Å². The van der Waals surface area contributed by atoms with Crippen LogP contribution in [0.5, 0.6) is 5.75 Å². The summed E-state index contributed by atoms with van der Waals surface area (Å²) < 4.78 is 12.2. The van der Waals surface area contributed by atoms with E-state index in [9.17, 15) is 4.79 Å². The second kappa shape index (κ2) is 7.10. The number of hydrogen-bond donors (Lipinski definition) is 1. The molecule has 3 heterocycles. The normalized spacial score (nSPS) is 11.0. The van der Waals surface area contributed by atoms with Gasteiger partial charge in [-0.15, -0.1) is 10.2 Å². The van der Waals surface area contributed by atoms with E-state index < -0.39 is 0 Å². The maximum Gasteiger partial charge on any atom is 0.259 e. The fraction of sp³-hybridized carbons (Fsp3) is 0.211. The van der Waals surface area contributed by atoms with E-state index in [-0.39, 0.29) is 12.3 Å². The highest BCUT2D eigenvalue weighted by Gasteiger charge is 2.15. The van der Waals surface area contributed by atoms with E-state index in [0.29, 0.717) is 34.6 Å². The molecule has 3 aromatic heterocycles. The van der Waals surface area contributed by atoms with Gasteiger partial charge in [-0.2, -0.15) is 4.98 Å². The summed E-state index contributed by atoms with van der Waals surface area (Å²) in [6.07, 6.45) is 1.82. The number of benzene rings is 1. The maximum absolute atomic E-state index is 12.6. The number of nitrogens with zero attached hydrogens (tertiary/aromatic N) is 5. The second-order valence-electron chi connectivity index (χ2n) is 6.34. The van der Waals surface area contributed by atoms with Gasteiger partial charge in [-0.25, -0.2) is 0 Å². The molecule has 0 saturated carbocycles. The number of nitrogens with one attached hydrogen (secondary N) is 1. The number of hydrogen-bond acceptors (Lipinski definition) is 7. The summed E-state index contributed by atoms with van der Waals surface area (Å²) in [6, 6.07) is 9.19. The van der Waals surface area contributed by atoms with Crippen molar-refractivity contribution in [3.05, 3.63) is 53.7 Å². The van der Waals surface area contributed by atoms with Crippen LogP contribution in [0.25, 0.3) is 17.1 Å². The Kier molecular flexibility index (Phi) is 4.48. The van der Waals surface area contributed by atoms with Crippen molar-refractivity contribution in [1.82, 2.24) is 24.7 Å². The Morgan fingerprint density at radius 1 is 1.21 bits per heavy atom. The van der Waals surface area contributed by atoms with Crippen LogP contribution < -0.4 is 10.1 Å². The van der Waals surface area contributed by atoms with E-state index in [1.165, 1.54) is 0 Å². The molecule has 0 aliphatic rings. The predicted octanol–water partition coefficient (Wildman–Crippen LogP) is 2.59. The Labute approximate surface area is 160 Å². The number of pyridine rings is 1. The molecule has 0 saturated heterocycles. The molecule has 0 radical (unpaired) electrons. The quantitative estimate of drug-likeness (QED) is 0.569. The number of carbonyl (C=O) groups is 1. The zero-order valence-corrected chi connectivity index (χ0v) is 15.6. The van der Waals surface area contributed by atoms with Crippen molar-refractivity contribution in [2.24, 2.45) is 0 Å². The molecule has 0 atom stereocenters. The highest BCUT2D eigenvalue weighted by atomic mass is 16.5. The molecule has 9 nitrogen and oxygen atoms in total. The first-order chi connectivity index (χ1) is 13.5. The maximum atomic E-state index is 12.6. The van der Waals surface area contributed by atoms with Crippen LogP contribution in [0.2, 0.25) is 0 Å². The molecule has 28 heavy (non-hydrogen) atoms. The van der Waals surface area contributed by atoms with E-state index in [1.54, 1.807) is 30.7 Å². The van der Waals surface area contributed by atoms with Crippen LogP contribution in [-0.2, 0) is 11.2 Å².